The molecule has 1 saturated carbocycles. The third-order valence-electron chi connectivity index (χ3n) is 3.79. The van der Waals surface area contributed by atoms with Gasteiger partial charge in [0.05, 0.1) is 6.10 Å². The molecule has 0 spiro atoms. The van der Waals surface area contributed by atoms with Gasteiger partial charge in [-0.15, -0.1) is 0 Å². The van der Waals surface area contributed by atoms with Crippen LogP contribution in [-0.4, -0.2) is 30.2 Å². The van der Waals surface area contributed by atoms with Gasteiger partial charge < -0.3 is 15.8 Å². The third kappa shape index (κ3) is 2.55. The maximum absolute atomic E-state index is 12.0. The maximum Gasteiger partial charge on any atom is 0.249 e. The molecule has 1 saturated heterocycles. The normalized spacial score (nSPS) is 32.9. The fourth-order valence-corrected chi connectivity index (χ4v) is 2.73. The molecule has 1 aliphatic carbocycles. The molecular formula is C12H22N2O2. The van der Waals surface area contributed by atoms with E-state index in [1.807, 2.05) is 0 Å². The van der Waals surface area contributed by atoms with E-state index in [4.69, 9.17) is 10.5 Å². The van der Waals surface area contributed by atoms with Crippen molar-refractivity contribution in [2.75, 3.05) is 6.54 Å². The van der Waals surface area contributed by atoms with Crippen molar-refractivity contribution in [3.8, 4) is 0 Å². The van der Waals surface area contributed by atoms with E-state index in [0.29, 0.717) is 6.54 Å². The zero-order valence-corrected chi connectivity index (χ0v) is 10.00. The van der Waals surface area contributed by atoms with Gasteiger partial charge in [0.2, 0.25) is 5.91 Å². The highest BCUT2D eigenvalue weighted by Crippen LogP contribution is 2.29. The van der Waals surface area contributed by atoms with Crippen molar-refractivity contribution in [2.45, 2.75) is 63.2 Å². The molecule has 0 aromatic rings. The smallest absolute Gasteiger partial charge is 0.249 e. The second-order valence-electron chi connectivity index (χ2n) is 5.32. The van der Waals surface area contributed by atoms with Crippen LogP contribution in [0.15, 0.2) is 0 Å². The number of hydrogen-bond acceptors (Lipinski definition) is 3. The average molecular weight is 226 g/mol. The van der Waals surface area contributed by atoms with E-state index in [9.17, 15) is 4.79 Å². The van der Waals surface area contributed by atoms with Gasteiger partial charge in [0.1, 0.15) is 6.10 Å². The Labute approximate surface area is 96.9 Å². The number of carbonyl (C=O) groups is 1. The summed E-state index contributed by atoms with van der Waals surface area (Å²) in [4.78, 5) is 12.0. The largest absolute Gasteiger partial charge is 0.364 e. The summed E-state index contributed by atoms with van der Waals surface area (Å²) < 4.78 is 5.59. The number of nitrogens with one attached hydrogen (secondary N) is 1. The van der Waals surface area contributed by atoms with Crippen LogP contribution in [0.4, 0.5) is 0 Å². The molecule has 2 fully saturated rings. The van der Waals surface area contributed by atoms with Crippen molar-refractivity contribution in [2.24, 2.45) is 5.73 Å². The van der Waals surface area contributed by atoms with E-state index in [-0.39, 0.29) is 23.7 Å². The lowest BCUT2D eigenvalue weighted by Gasteiger charge is -2.27. The summed E-state index contributed by atoms with van der Waals surface area (Å²) in [6.07, 6.45) is 6.13. The molecular weight excluding hydrogens is 204 g/mol. The molecule has 0 bridgehead atoms. The molecule has 2 atom stereocenters. The first-order chi connectivity index (χ1) is 7.63. The molecule has 1 aliphatic heterocycles. The first-order valence-corrected chi connectivity index (χ1v) is 6.30. The molecule has 0 aromatic carbocycles. The Balaban J connectivity index is 1.84. The Morgan fingerprint density at radius 2 is 2.12 bits per heavy atom. The topological polar surface area (TPSA) is 64.4 Å². The highest BCUT2D eigenvalue weighted by molar-refractivity contribution is 5.81. The quantitative estimate of drug-likeness (QED) is 0.753. The van der Waals surface area contributed by atoms with E-state index in [1.54, 1.807) is 0 Å². The number of hydrogen-bond donors (Lipinski definition) is 2. The van der Waals surface area contributed by atoms with Crippen LogP contribution in [-0.2, 0) is 9.53 Å². The lowest BCUT2D eigenvalue weighted by Crippen LogP contribution is -2.48. The van der Waals surface area contributed by atoms with E-state index >= 15 is 0 Å². The molecule has 1 amide bonds. The molecule has 2 unspecified atom stereocenters. The highest BCUT2D eigenvalue weighted by atomic mass is 16.5. The zero-order chi connectivity index (χ0) is 11.6. The minimum atomic E-state index is -0.272. The minimum Gasteiger partial charge on any atom is -0.364 e. The Hall–Kier alpha value is -0.610. The summed E-state index contributed by atoms with van der Waals surface area (Å²) in [5.74, 6) is 0.0559. The Bertz CT molecular complexity index is 262. The van der Waals surface area contributed by atoms with Crippen molar-refractivity contribution in [3.63, 3.8) is 0 Å². The molecule has 4 nitrogen and oxygen atoms in total. The highest BCUT2D eigenvalue weighted by Gasteiger charge is 2.35. The standard InChI is InChI=1S/C12H22N2O2/c1-12(6-2-3-7-12)14-11(15)10-5-4-9(8-13)16-10/h9-10H,2-8,13H2,1H3,(H,14,15). The fraction of sp³-hybridized carbons (Fsp3) is 0.917. The van der Waals surface area contributed by atoms with Crippen molar-refractivity contribution >= 4 is 5.91 Å². The summed E-state index contributed by atoms with van der Waals surface area (Å²) >= 11 is 0. The van der Waals surface area contributed by atoms with Crippen molar-refractivity contribution in [1.29, 1.82) is 0 Å². The fourth-order valence-electron chi connectivity index (χ4n) is 2.73. The van der Waals surface area contributed by atoms with Gasteiger partial charge in [-0.25, -0.2) is 0 Å². The molecule has 16 heavy (non-hydrogen) atoms. The monoisotopic (exact) mass is 226 g/mol. The van der Waals surface area contributed by atoms with E-state index in [0.717, 1.165) is 25.7 Å². The first-order valence-electron chi connectivity index (χ1n) is 6.30. The van der Waals surface area contributed by atoms with Crippen LogP contribution in [0.2, 0.25) is 0 Å². The Morgan fingerprint density at radius 3 is 2.69 bits per heavy atom. The van der Waals surface area contributed by atoms with Crippen LogP contribution >= 0.6 is 0 Å². The second kappa shape index (κ2) is 4.72. The van der Waals surface area contributed by atoms with Gasteiger partial charge in [-0.2, -0.15) is 0 Å². The average Bonchev–Trinajstić information content (AvgIpc) is 2.86. The number of rotatable bonds is 3. The lowest BCUT2D eigenvalue weighted by molar-refractivity contribution is -0.133. The van der Waals surface area contributed by atoms with E-state index < -0.39 is 0 Å². The van der Waals surface area contributed by atoms with Crippen LogP contribution in [0.5, 0.6) is 0 Å². The molecule has 92 valence electrons. The van der Waals surface area contributed by atoms with E-state index in [1.165, 1.54) is 12.8 Å². The molecule has 3 N–H and O–H groups in total. The molecule has 1 heterocycles. The van der Waals surface area contributed by atoms with Crippen LogP contribution in [0.1, 0.15) is 45.4 Å². The third-order valence-corrected chi connectivity index (χ3v) is 3.79. The summed E-state index contributed by atoms with van der Waals surface area (Å²) in [5.41, 5.74) is 5.53. The van der Waals surface area contributed by atoms with E-state index in [2.05, 4.69) is 12.2 Å². The maximum atomic E-state index is 12.0. The summed E-state index contributed by atoms with van der Waals surface area (Å²) in [6, 6.07) is 0. The number of nitrogens with two attached hydrogens (primary N) is 1. The van der Waals surface area contributed by atoms with Crippen molar-refractivity contribution in [1.82, 2.24) is 5.32 Å². The molecule has 0 radical (unpaired) electrons. The summed E-state index contributed by atoms with van der Waals surface area (Å²) in [6.45, 7) is 2.65. The van der Waals surface area contributed by atoms with Crippen molar-refractivity contribution < 1.29 is 9.53 Å². The predicted octanol–water partition coefficient (Wildman–Crippen LogP) is 0.942. The van der Waals surface area contributed by atoms with Gasteiger partial charge in [-0.05, 0) is 32.6 Å². The predicted molar refractivity (Wildman–Crippen MR) is 62.0 cm³/mol. The summed E-state index contributed by atoms with van der Waals surface area (Å²) in [5, 5.41) is 3.14. The second-order valence-corrected chi connectivity index (χ2v) is 5.32. The number of ether oxygens (including phenoxy) is 1. The lowest BCUT2D eigenvalue weighted by atomic mass is 10.00. The van der Waals surface area contributed by atoms with Crippen LogP contribution in [0.25, 0.3) is 0 Å². The zero-order valence-electron chi connectivity index (χ0n) is 10.00. The van der Waals surface area contributed by atoms with Gasteiger partial charge in [0, 0.05) is 12.1 Å². The Kier molecular flexibility index (Phi) is 3.50. The minimum absolute atomic E-state index is 0.00123. The van der Waals surface area contributed by atoms with Gasteiger partial charge >= 0.3 is 0 Å². The molecule has 0 aromatic heterocycles. The van der Waals surface area contributed by atoms with Crippen molar-refractivity contribution in [3.05, 3.63) is 0 Å². The molecule has 2 aliphatic rings. The van der Waals surface area contributed by atoms with Crippen LogP contribution < -0.4 is 11.1 Å². The van der Waals surface area contributed by atoms with Gasteiger partial charge in [0.25, 0.3) is 0 Å². The molecule has 2 rings (SSSR count). The number of amides is 1. The Morgan fingerprint density at radius 1 is 1.44 bits per heavy atom. The first kappa shape index (κ1) is 11.9. The number of carbonyl (C=O) groups excluding carboxylic acids is 1. The van der Waals surface area contributed by atoms with Gasteiger partial charge in [0.15, 0.2) is 0 Å². The summed E-state index contributed by atoms with van der Waals surface area (Å²) in [7, 11) is 0. The van der Waals surface area contributed by atoms with Crippen LogP contribution in [0, 0.1) is 0 Å². The SMILES string of the molecule is CC1(NC(=O)C2CCC(CN)O2)CCCC1. The van der Waals surface area contributed by atoms with Gasteiger partial charge in [-0.3, -0.25) is 4.79 Å². The van der Waals surface area contributed by atoms with Crippen LogP contribution in [0.3, 0.4) is 0 Å². The molecule has 4 heteroatoms. The van der Waals surface area contributed by atoms with Gasteiger partial charge in [-0.1, -0.05) is 12.8 Å².